The number of rotatable bonds is 5. The minimum absolute atomic E-state index is 0.170. The molecular weight excluding hydrogens is 368 g/mol. The molecule has 29 heavy (non-hydrogen) atoms. The molecule has 0 aliphatic carbocycles. The molecule has 0 bridgehead atoms. The summed E-state index contributed by atoms with van der Waals surface area (Å²) in [6.45, 7) is 0. The molecule has 3 heterocycles. The van der Waals surface area contributed by atoms with Gasteiger partial charge in [0.1, 0.15) is 5.52 Å². The molecule has 4 rings (SSSR count). The smallest absolute Gasteiger partial charge is 0.220 e. The third-order valence-electron chi connectivity index (χ3n) is 4.52. The van der Waals surface area contributed by atoms with Crippen molar-refractivity contribution in [2.45, 2.75) is 6.42 Å². The van der Waals surface area contributed by atoms with Crippen molar-refractivity contribution in [2.24, 2.45) is 0 Å². The fourth-order valence-corrected chi connectivity index (χ4v) is 3.17. The number of aromatic nitrogens is 4. The molecule has 4 aromatic rings. The van der Waals surface area contributed by atoms with Crippen molar-refractivity contribution >= 4 is 22.7 Å². The molecule has 0 saturated carbocycles. The molecule has 8 heteroatoms. The second kappa shape index (κ2) is 7.59. The van der Waals surface area contributed by atoms with Crippen LogP contribution in [0.4, 0.5) is 11.6 Å². The lowest BCUT2D eigenvalue weighted by atomic mass is 10.1. The van der Waals surface area contributed by atoms with E-state index < -0.39 is 0 Å². The molecule has 0 fully saturated rings. The van der Waals surface area contributed by atoms with Crippen molar-refractivity contribution in [1.29, 1.82) is 0 Å². The summed E-state index contributed by atoms with van der Waals surface area (Å²) < 4.78 is 10.7. The van der Waals surface area contributed by atoms with Crippen molar-refractivity contribution in [2.75, 3.05) is 25.7 Å². The predicted octanol–water partition coefficient (Wildman–Crippen LogP) is 2.86. The molecule has 0 spiro atoms. The van der Waals surface area contributed by atoms with Crippen LogP contribution >= 0.6 is 0 Å². The third kappa shape index (κ3) is 3.60. The first-order valence-electron chi connectivity index (χ1n) is 8.94. The second-order valence-electron chi connectivity index (χ2n) is 6.39. The highest BCUT2D eigenvalue weighted by molar-refractivity contribution is 5.88. The number of anilines is 2. The highest BCUT2D eigenvalue weighted by atomic mass is 16.5. The van der Waals surface area contributed by atoms with E-state index in [4.69, 9.17) is 25.9 Å². The summed E-state index contributed by atoms with van der Waals surface area (Å²) in [5, 5.41) is 0. The number of fused-ring (bicyclic) bond motifs is 1. The van der Waals surface area contributed by atoms with E-state index in [9.17, 15) is 0 Å². The van der Waals surface area contributed by atoms with Crippen LogP contribution < -0.4 is 20.9 Å². The number of hydrogen-bond donors (Lipinski definition) is 2. The van der Waals surface area contributed by atoms with Crippen molar-refractivity contribution in [3.8, 4) is 22.8 Å². The van der Waals surface area contributed by atoms with Gasteiger partial charge in [0.15, 0.2) is 11.5 Å². The third-order valence-corrected chi connectivity index (χ3v) is 4.52. The van der Waals surface area contributed by atoms with Gasteiger partial charge in [0.05, 0.1) is 36.8 Å². The first-order valence-corrected chi connectivity index (χ1v) is 8.94. The summed E-state index contributed by atoms with van der Waals surface area (Å²) in [7, 11) is 3.17. The summed E-state index contributed by atoms with van der Waals surface area (Å²) in [6, 6.07) is 13.0. The number of nitrogens with zero attached hydrogens (tertiary/aromatic N) is 4. The van der Waals surface area contributed by atoms with Gasteiger partial charge in [0.2, 0.25) is 5.95 Å². The van der Waals surface area contributed by atoms with Gasteiger partial charge in [-0.25, -0.2) is 15.0 Å². The number of ether oxygens (including phenoxy) is 2. The Hall–Kier alpha value is -3.94. The Bertz CT molecular complexity index is 1180. The summed E-state index contributed by atoms with van der Waals surface area (Å²) in [6.07, 6.45) is 2.22. The van der Waals surface area contributed by atoms with Crippen LogP contribution in [0.15, 0.2) is 48.7 Å². The fraction of sp³-hybridized carbons (Fsp3) is 0.143. The number of benzene rings is 1. The normalized spacial score (nSPS) is 10.8. The van der Waals surface area contributed by atoms with E-state index in [1.807, 2.05) is 36.4 Å². The van der Waals surface area contributed by atoms with Crippen LogP contribution in [0, 0.1) is 0 Å². The highest BCUT2D eigenvalue weighted by Gasteiger charge is 2.15. The molecule has 0 radical (unpaired) electrons. The highest BCUT2D eigenvalue weighted by Crippen LogP contribution is 2.35. The van der Waals surface area contributed by atoms with Crippen LogP contribution in [0.1, 0.15) is 11.4 Å². The predicted molar refractivity (Wildman–Crippen MR) is 112 cm³/mol. The Kier molecular flexibility index (Phi) is 4.82. The van der Waals surface area contributed by atoms with E-state index >= 15 is 0 Å². The van der Waals surface area contributed by atoms with Crippen LogP contribution in [0.5, 0.6) is 11.5 Å². The summed E-state index contributed by atoms with van der Waals surface area (Å²) in [5.74, 6) is 1.39. The number of pyridine rings is 2. The van der Waals surface area contributed by atoms with Crippen LogP contribution in [-0.4, -0.2) is 34.2 Å². The molecular formula is C21H20N6O2. The molecule has 0 aliphatic heterocycles. The standard InChI is InChI=1S/C21H20N6O2/c1-28-17-7-6-12(9-18(17)29-2)19-14(22)11-16-20(27-19)15(25-21(23)26-16)10-13-5-3-4-8-24-13/h3-9,11H,10,22H2,1-2H3,(H2,23,25,26). The van der Waals surface area contributed by atoms with Crippen LogP contribution in [0.3, 0.4) is 0 Å². The minimum atomic E-state index is 0.170. The number of methoxy groups -OCH3 is 2. The molecule has 3 aromatic heterocycles. The SMILES string of the molecule is COc1ccc(-c2nc3c(Cc4ccccn4)nc(N)nc3cc2N)cc1OC. The Labute approximate surface area is 167 Å². The maximum absolute atomic E-state index is 6.29. The lowest BCUT2D eigenvalue weighted by molar-refractivity contribution is 0.355. The first-order chi connectivity index (χ1) is 14.1. The van der Waals surface area contributed by atoms with Gasteiger partial charge >= 0.3 is 0 Å². The van der Waals surface area contributed by atoms with E-state index in [1.54, 1.807) is 26.5 Å². The monoisotopic (exact) mass is 388 g/mol. The van der Waals surface area contributed by atoms with Crippen LogP contribution in [-0.2, 0) is 6.42 Å². The molecule has 0 saturated heterocycles. The number of nitrogens with two attached hydrogens (primary N) is 2. The van der Waals surface area contributed by atoms with Gasteiger partial charge < -0.3 is 20.9 Å². The molecule has 0 amide bonds. The molecule has 0 aliphatic rings. The van der Waals surface area contributed by atoms with Gasteiger partial charge in [-0.3, -0.25) is 4.98 Å². The number of nitrogen functional groups attached to an aromatic ring is 2. The molecule has 8 nitrogen and oxygen atoms in total. The Morgan fingerprint density at radius 2 is 1.72 bits per heavy atom. The van der Waals surface area contributed by atoms with Crippen molar-refractivity contribution in [3.63, 3.8) is 0 Å². The molecule has 4 N–H and O–H groups in total. The molecule has 0 atom stereocenters. The van der Waals surface area contributed by atoms with Gasteiger partial charge in [-0.2, -0.15) is 0 Å². The fourth-order valence-electron chi connectivity index (χ4n) is 3.17. The summed E-state index contributed by atoms with van der Waals surface area (Å²) in [4.78, 5) is 17.8. The van der Waals surface area contributed by atoms with Crippen molar-refractivity contribution in [3.05, 3.63) is 60.0 Å². The topological polar surface area (TPSA) is 122 Å². The van der Waals surface area contributed by atoms with Gasteiger partial charge in [-0.05, 0) is 36.4 Å². The first kappa shape index (κ1) is 18.4. The molecule has 146 valence electrons. The van der Waals surface area contributed by atoms with Gasteiger partial charge in [0.25, 0.3) is 0 Å². The Morgan fingerprint density at radius 1 is 0.897 bits per heavy atom. The van der Waals surface area contributed by atoms with Gasteiger partial charge in [-0.15, -0.1) is 0 Å². The zero-order valence-corrected chi connectivity index (χ0v) is 16.1. The largest absolute Gasteiger partial charge is 0.493 e. The van der Waals surface area contributed by atoms with Gasteiger partial charge in [0, 0.05) is 23.9 Å². The molecule has 1 aromatic carbocycles. The minimum Gasteiger partial charge on any atom is -0.493 e. The maximum atomic E-state index is 6.29. The van der Waals surface area contributed by atoms with Crippen LogP contribution in [0.25, 0.3) is 22.3 Å². The Balaban J connectivity index is 1.87. The summed E-state index contributed by atoms with van der Waals surface area (Å²) >= 11 is 0. The van der Waals surface area contributed by atoms with E-state index in [2.05, 4.69) is 15.0 Å². The van der Waals surface area contributed by atoms with E-state index in [0.717, 1.165) is 11.3 Å². The van der Waals surface area contributed by atoms with E-state index in [1.165, 1.54) is 0 Å². The maximum Gasteiger partial charge on any atom is 0.220 e. The van der Waals surface area contributed by atoms with Crippen molar-refractivity contribution in [1.82, 2.24) is 19.9 Å². The average Bonchev–Trinajstić information content (AvgIpc) is 2.73. The number of hydrogen-bond acceptors (Lipinski definition) is 8. The zero-order chi connectivity index (χ0) is 20.4. The Morgan fingerprint density at radius 3 is 2.45 bits per heavy atom. The summed E-state index contributed by atoms with van der Waals surface area (Å²) in [5.41, 5.74) is 16.8. The van der Waals surface area contributed by atoms with Crippen molar-refractivity contribution < 1.29 is 9.47 Å². The second-order valence-corrected chi connectivity index (χ2v) is 6.39. The van der Waals surface area contributed by atoms with E-state index in [-0.39, 0.29) is 5.95 Å². The molecule has 0 unspecified atom stereocenters. The lowest BCUT2D eigenvalue weighted by Gasteiger charge is -2.13. The van der Waals surface area contributed by atoms with E-state index in [0.29, 0.717) is 46.0 Å². The van der Waals surface area contributed by atoms with Crippen LogP contribution in [0.2, 0.25) is 0 Å². The quantitative estimate of drug-likeness (QED) is 0.535. The van der Waals surface area contributed by atoms with Gasteiger partial charge in [-0.1, -0.05) is 6.07 Å². The zero-order valence-electron chi connectivity index (χ0n) is 16.1. The lowest BCUT2D eigenvalue weighted by Crippen LogP contribution is -2.05. The average molecular weight is 388 g/mol.